The zero-order chi connectivity index (χ0) is 16.1. The second kappa shape index (κ2) is 6.93. The lowest BCUT2D eigenvalue weighted by molar-refractivity contribution is -0.0504. The molecular weight excluding hydrogens is 302 g/mol. The summed E-state index contributed by atoms with van der Waals surface area (Å²) in [4.78, 5) is 11.8. The topological polar surface area (TPSA) is 38.3 Å². The largest absolute Gasteiger partial charge is 0.434 e. The highest BCUT2D eigenvalue weighted by molar-refractivity contribution is 5.94. The summed E-state index contributed by atoms with van der Waals surface area (Å²) in [5.41, 5.74) is 0.109. The van der Waals surface area contributed by atoms with Crippen LogP contribution in [0, 0.1) is 11.6 Å². The van der Waals surface area contributed by atoms with Gasteiger partial charge >= 0.3 is 6.61 Å². The van der Waals surface area contributed by atoms with Crippen LogP contribution < -0.4 is 10.1 Å². The molecule has 0 aliphatic rings. The predicted molar refractivity (Wildman–Crippen MR) is 70.6 cm³/mol. The van der Waals surface area contributed by atoms with Gasteiger partial charge in [-0.05, 0) is 18.2 Å². The maximum atomic E-state index is 13.0. The van der Waals surface area contributed by atoms with Crippen molar-refractivity contribution in [3.8, 4) is 5.75 Å². The molecule has 2 aromatic rings. The van der Waals surface area contributed by atoms with E-state index in [-0.39, 0.29) is 17.9 Å². The number of benzene rings is 2. The number of carbonyl (C=O) groups excluding carboxylic acids is 1. The molecule has 0 aromatic heterocycles. The normalized spacial score (nSPS) is 10.6. The summed E-state index contributed by atoms with van der Waals surface area (Å²) in [6.07, 6.45) is 0. The van der Waals surface area contributed by atoms with Crippen LogP contribution in [0.3, 0.4) is 0 Å². The van der Waals surface area contributed by atoms with Gasteiger partial charge in [0.25, 0.3) is 5.91 Å². The molecule has 3 nitrogen and oxygen atoms in total. The molecule has 1 amide bonds. The van der Waals surface area contributed by atoms with Gasteiger partial charge in [0.15, 0.2) is 0 Å². The second-order valence-corrected chi connectivity index (χ2v) is 4.33. The maximum Gasteiger partial charge on any atom is 0.387 e. The van der Waals surface area contributed by atoms with E-state index < -0.39 is 24.2 Å². The van der Waals surface area contributed by atoms with Gasteiger partial charge in [-0.3, -0.25) is 4.79 Å². The Labute approximate surface area is 123 Å². The molecule has 2 rings (SSSR count). The number of hydrogen-bond acceptors (Lipinski definition) is 2. The first-order valence-corrected chi connectivity index (χ1v) is 6.22. The number of nitrogens with one attached hydrogen (secondary N) is 1. The van der Waals surface area contributed by atoms with Crippen molar-refractivity contribution in [2.45, 2.75) is 13.2 Å². The molecule has 0 spiro atoms. The smallest absolute Gasteiger partial charge is 0.387 e. The van der Waals surface area contributed by atoms with Crippen LogP contribution in [0.25, 0.3) is 0 Å². The number of ether oxygens (including phenoxy) is 1. The Morgan fingerprint density at radius 3 is 2.36 bits per heavy atom. The Bertz CT molecular complexity index is 656. The number of para-hydroxylation sites is 1. The number of rotatable bonds is 5. The van der Waals surface area contributed by atoms with Crippen LogP contribution in [0.5, 0.6) is 5.75 Å². The van der Waals surface area contributed by atoms with E-state index in [2.05, 4.69) is 10.1 Å². The molecule has 22 heavy (non-hydrogen) atoms. The highest BCUT2D eigenvalue weighted by atomic mass is 19.3. The Hall–Kier alpha value is -2.57. The molecule has 0 bridgehead atoms. The van der Waals surface area contributed by atoms with Gasteiger partial charge < -0.3 is 10.1 Å². The molecule has 0 aliphatic heterocycles. The Morgan fingerprint density at radius 1 is 1.09 bits per heavy atom. The molecule has 0 saturated carbocycles. The number of halogens is 4. The van der Waals surface area contributed by atoms with E-state index in [1.165, 1.54) is 18.2 Å². The van der Waals surface area contributed by atoms with E-state index in [9.17, 15) is 22.4 Å². The fourth-order valence-corrected chi connectivity index (χ4v) is 1.82. The standard InChI is InChI=1S/C15H11F4NO2/c16-11-5-10(6-12(17)7-11)14(21)20-8-9-3-1-2-4-13(9)22-15(18)19/h1-7,15H,8H2,(H,20,21). The number of amides is 1. The molecule has 0 heterocycles. The Balaban J connectivity index is 2.08. The van der Waals surface area contributed by atoms with E-state index in [1.54, 1.807) is 6.07 Å². The molecule has 0 atom stereocenters. The summed E-state index contributed by atoms with van der Waals surface area (Å²) in [7, 11) is 0. The fourth-order valence-electron chi connectivity index (χ4n) is 1.82. The minimum atomic E-state index is -2.99. The van der Waals surface area contributed by atoms with Gasteiger partial charge in [0, 0.05) is 23.7 Å². The van der Waals surface area contributed by atoms with Crippen molar-refractivity contribution in [1.82, 2.24) is 5.32 Å². The van der Waals surface area contributed by atoms with Gasteiger partial charge in [0.1, 0.15) is 17.4 Å². The van der Waals surface area contributed by atoms with E-state index in [4.69, 9.17) is 0 Å². The van der Waals surface area contributed by atoms with Gasteiger partial charge in [-0.25, -0.2) is 8.78 Å². The minimum absolute atomic E-state index is 0.0803. The van der Waals surface area contributed by atoms with Crippen molar-refractivity contribution in [1.29, 1.82) is 0 Å². The summed E-state index contributed by atoms with van der Waals surface area (Å²) in [5.74, 6) is -2.58. The first-order chi connectivity index (χ1) is 10.5. The first kappa shape index (κ1) is 15.8. The highest BCUT2D eigenvalue weighted by Gasteiger charge is 2.12. The van der Waals surface area contributed by atoms with E-state index in [0.717, 1.165) is 12.1 Å². The Kier molecular flexibility index (Phi) is 4.98. The van der Waals surface area contributed by atoms with Gasteiger partial charge in [0.2, 0.25) is 0 Å². The van der Waals surface area contributed by atoms with Crippen LogP contribution >= 0.6 is 0 Å². The third-order valence-corrected chi connectivity index (χ3v) is 2.75. The van der Waals surface area contributed by atoms with Crippen LogP contribution in [0.2, 0.25) is 0 Å². The highest BCUT2D eigenvalue weighted by Crippen LogP contribution is 2.20. The lowest BCUT2D eigenvalue weighted by atomic mass is 10.1. The van der Waals surface area contributed by atoms with Gasteiger partial charge in [-0.1, -0.05) is 18.2 Å². The van der Waals surface area contributed by atoms with E-state index >= 15 is 0 Å². The molecule has 1 N–H and O–H groups in total. The molecule has 0 radical (unpaired) electrons. The summed E-state index contributed by atoms with van der Waals surface area (Å²) in [6.45, 7) is -3.12. The van der Waals surface area contributed by atoms with Crippen molar-refractivity contribution in [2.24, 2.45) is 0 Å². The van der Waals surface area contributed by atoms with Crippen molar-refractivity contribution >= 4 is 5.91 Å². The summed E-state index contributed by atoms with van der Waals surface area (Å²) < 4.78 is 54.9. The van der Waals surface area contributed by atoms with Crippen molar-refractivity contribution in [3.05, 3.63) is 65.2 Å². The fraction of sp³-hybridized carbons (Fsp3) is 0.133. The lowest BCUT2D eigenvalue weighted by Crippen LogP contribution is -2.23. The second-order valence-electron chi connectivity index (χ2n) is 4.33. The summed E-state index contributed by atoms with van der Waals surface area (Å²) in [5, 5.41) is 2.39. The van der Waals surface area contributed by atoms with Crippen molar-refractivity contribution in [3.63, 3.8) is 0 Å². The number of hydrogen-bond donors (Lipinski definition) is 1. The minimum Gasteiger partial charge on any atom is -0.434 e. The molecule has 0 fully saturated rings. The van der Waals surface area contributed by atoms with Crippen LogP contribution in [0.15, 0.2) is 42.5 Å². The molecule has 0 aliphatic carbocycles. The van der Waals surface area contributed by atoms with Gasteiger partial charge in [0.05, 0.1) is 0 Å². The predicted octanol–water partition coefficient (Wildman–Crippen LogP) is 3.50. The molecule has 0 unspecified atom stereocenters. The third kappa shape index (κ3) is 4.21. The summed E-state index contributed by atoms with van der Waals surface area (Å²) in [6, 6.07) is 8.30. The summed E-state index contributed by atoms with van der Waals surface area (Å²) >= 11 is 0. The SMILES string of the molecule is O=C(NCc1ccccc1OC(F)F)c1cc(F)cc(F)c1. The van der Waals surface area contributed by atoms with E-state index in [0.29, 0.717) is 11.6 Å². The molecule has 2 aromatic carbocycles. The van der Waals surface area contributed by atoms with E-state index in [1.807, 2.05) is 0 Å². The molecular formula is C15H11F4NO2. The number of alkyl halides is 2. The van der Waals surface area contributed by atoms with Crippen molar-refractivity contribution in [2.75, 3.05) is 0 Å². The molecule has 0 saturated heterocycles. The molecule has 116 valence electrons. The Morgan fingerprint density at radius 2 is 1.73 bits per heavy atom. The van der Waals surface area contributed by atoms with Crippen LogP contribution in [0.4, 0.5) is 17.6 Å². The first-order valence-electron chi connectivity index (χ1n) is 6.22. The average molecular weight is 313 g/mol. The number of carbonyl (C=O) groups is 1. The zero-order valence-electron chi connectivity index (χ0n) is 11.2. The van der Waals surface area contributed by atoms with Crippen LogP contribution in [-0.2, 0) is 6.54 Å². The average Bonchev–Trinajstić information content (AvgIpc) is 2.44. The van der Waals surface area contributed by atoms with Crippen LogP contribution in [0.1, 0.15) is 15.9 Å². The van der Waals surface area contributed by atoms with Gasteiger partial charge in [-0.15, -0.1) is 0 Å². The van der Waals surface area contributed by atoms with Crippen LogP contribution in [-0.4, -0.2) is 12.5 Å². The third-order valence-electron chi connectivity index (χ3n) is 2.75. The lowest BCUT2D eigenvalue weighted by Gasteiger charge is -2.11. The van der Waals surface area contributed by atoms with Gasteiger partial charge in [-0.2, -0.15) is 8.78 Å². The monoisotopic (exact) mass is 313 g/mol. The zero-order valence-corrected chi connectivity index (χ0v) is 11.2. The van der Waals surface area contributed by atoms with Crippen molar-refractivity contribution < 1.29 is 27.1 Å². The molecule has 7 heteroatoms. The quantitative estimate of drug-likeness (QED) is 0.858. The maximum absolute atomic E-state index is 13.0.